The third-order valence-corrected chi connectivity index (χ3v) is 1.38. The lowest BCUT2D eigenvalue weighted by molar-refractivity contribution is 0.111. The van der Waals surface area contributed by atoms with E-state index in [2.05, 4.69) is 6.92 Å². The van der Waals surface area contributed by atoms with Crippen LogP contribution in [0.3, 0.4) is 0 Å². The average molecular weight is 145 g/mol. The zero-order valence-corrected chi connectivity index (χ0v) is 7.26. The summed E-state index contributed by atoms with van der Waals surface area (Å²) in [6.07, 6.45) is 1.06. The van der Waals surface area contributed by atoms with Gasteiger partial charge in [0.1, 0.15) is 0 Å². The van der Waals surface area contributed by atoms with Gasteiger partial charge in [-0.3, -0.25) is 0 Å². The maximum Gasteiger partial charge on any atom is 0.0492 e. The summed E-state index contributed by atoms with van der Waals surface area (Å²) in [5.41, 5.74) is 5.61. The molecule has 2 heteroatoms. The molecule has 2 N–H and O–H groups in total. The molecule has 0 fully saturated rings. The lowest BCUT2D eigenvalue weighted by atomic mass is 10.1. The zero-order valence-electron chi connectivity index (χ0n) is 7.26. The van der Waals surface area contributed by atoms with Crippen molar-refractivity contribution in [1.29, 1.82) is 0 Å². The summed E-state index contributed by atoms with van der Waals surface area (Å²) in [5.74, 6) is 0.597. The van der Waals surface area contributed by atoms with Crippen molar-refractivity contribution in [2.75, 3.05) is 13.2 Å². The Hall–Kier alpha value is -0.0800. The van der Waals surface area contributed by atoms with Gasteiger partial charge >= 0.3 is 0 Å². The van der Waals surface area contributed by atoms with Crippen LogP contribution in [0.15, 0.2) is 0 Å². The van der Waals surface area contributed by atoms with E-state index in [4.69, 9.17) is 10.5 Å². The van der Waals surface area contributed by atoms with Crippen LogP contribution in [0.1, 0.15) is 27.2 Å². The van der Waals surface area contributed by atoms with Crippen LogP contribution in [-0.2, 0) is 4.74 Å². The Kier molecular flexibility index (Phi) is 5.64. The predicted octanol–water partition coefficient (Wildman–Crippen LogP) is 1.40. The first kappa shape index (κ1) is 9.92. The Bertz CT molecular complexity index is 73.7. The first-order valence-electron chi connectivity index (χ1n) is 4.00. The Morgan fingerprint density at radius 3 is 2.40 bits per heavy atom. The average Bonchev–Trinajstić information content (AvgIpc) is 1.82. The molecule has 2 nitrogen and oxygen atoms in total. The summed E-state index contributed by atoms with van der Waals surface area (Å²) < 4.78 is 5.24. The Morgan fingerprint density at radius 2 is 2.00 bits per heavy atom. The van der Waals surface area contributed by atoms with E-state index in [9.17, 15) is 0 Å². The van der Waals surface area contributed by atoms with Gasteiger partial charge in [0.05, 0.1) is 0 Å². The molecule has 0 aliphatic heterocycles. The molecule has 0 radical (unpaired) electrons. The topological polar surface area (TPSA) is 35.2 Å². The molecule has 0 aliphatic carbocycles. The van der Waals surface area contributed by atoms with Crippen LogP contribution in [0.5, 0.6) is 0 Å². The third kappa shape index (κ3) is 6.05. The largest absolute Gasteiger partial charge is 0.381 e. The van der Waals surface area contributed by atoms with Gasteiger partial charge in [0.15, 0.2) is 0 Å². The highest BCUT2D eigenvalue weighted by atomic mass is 16.5. The standard InChI is InChI=1S/C8H19NO/c1-4-10-6-7(2)5-8(3)9/h7-8H,4-6,9H2,1-3H3. The molecule has 0 aromatic rings. The zero-order chi connectivity index (χ0) is 7.98. The van der Waals surface area contributed by atoms with E-state index in [0.717, 1.165) is 19.6 Å². The molecule has 62 valence electrons. The molecule has 2 unspecified atom stereocenters. The highest BCUT2D eigenvalue weighted by Gasteiger charge is 2.03. The van der Waals surface area contributed by atoms with Crippen LogP contribution in [-0.4, -0.2) is 19.3 Å². The van der Waals surface area contributed by atoms with Crippen molar-refractivity contribution in [3.05, 3.63) is 0 Å². The quantitative estimate of drug-likeness (QED) is 0.634. The highest BCUT2D eigenvalue weighted by molar-refractivity contribution is 4.59. The van der Waals surface area contributed by atoms with Gasteiger partial charge in [0.25, 0.3) is 0 Å². The molecule has 0 aromatic carbocycles. The van der Waals surface area contributed by atoms with Crippen molar-refractivity contribution >= 4 is 0 Å². The number of hydrogen-bond donors (Lipinski definition) is 1. The highest BCUT2D eigenvalue weighted by Crippen LogP contribution is 2.03. The van der Waals surface area contributed by atoms with Crippen molar-refractivity contribution in [2.45, 2.75) is 33.2 Å². The molecule has 0 aliphatic rings. The van der Waals surface area contributed by atoms with Crippen molar-refractivity contribution in [2.24, 2.45) is 11.7 Å². The molecule has 0 rings (SSSR count). The molecule has 10 heavy (non-hydrogen) atoms. The van der Waals surface area contributed by atoms with Gasteiger partial charge in [-0.15, -0.1) is 0 Å². The van der Waals surface area contributed by atoms with Gasteiger partial charge in [-0.25, -0.2) is 0 Å². The fraction of sp³-hybridized carbons (Fsp3) is 1.00. The molecule has 0 saturated carbocycles. The lowest BCUT2D eigenvalue weighted by Gasteiger charge is -2.12. The lowest BCUT2D eigenvalue weighted by Crippen LogP contribution is -2.20. The molecule has 0 aromatic heterocycles. The second kappa shape index (κ2) is 5.69. The fourth-order valence-corrected chi connectivity index (χ4v) is 1.02. The summed E-state index contributed by atoms with van der Waals surface area (Å²) in [6, 6.07) is 0.301. The molecule has 0 amide bonds. The second-order valence-electron chi connectivity index (χ2n) is 2.98. The number of ether oxygens (including phenoxy) is 1. The maximum atomic E-state index is 5.61. The molecular weight excluding hydrogens is 126 g/mol. The summed E-state index contributed by atoms with van der Waals surface area (Å²) in [7, 11) is 0. The van der Waals surface area contributed by atoms with Crippen molar-refractivity contribution in [3.63, 3.8) is 0 Å². The molecule has 0 bridgehead atoms. The Balaban J connectivity index is 3.16. The van der Waals surface area contributed by atoms with Crippen LogP contribution >= 0.6 is 0 Å². The smallest absolute Gasteiger partial charge is 0.0492 e. The molecule has 0 saturated heterocycles. The summed E-state index contributed by atoms with van der Waals surface area (Å²) in [4.78, 5) is 0. The molecule has 2 atom stereocenters. The number of hydrogen-bond acceptors (Lipinski definition) is 2. The van der Waals surface area contributed by atoms with Crippen LogP contribution in [0.2, 0.25) is 0 Å². The van der Waals surface area contributed by atoms with Gasteiger partial charge in [0.2, 0.25) is 0 Å². The minimum Gasteiger partial charge on any atom is -0.381 e. The molecule has 0 heterocycles. The Labute approximate surface area is 63.7 Å². The van der Waals surface area contributed by atoms with Crippen LogP contribution < -0.4 is 5.73 Å². The molecule has 0 spiro atoms. The minimum absolute atomic E-state index is 0.301. The second-order valence-corrected chi connectivity index (χ2v) is 2.98. The summed E-state index contributed by atoms with van der Waals surface area (Å²) in [5, 5.41) is 0. The van der Waals surface area contributed by atoms with Gasteiger partial charge in [-0.05, 0) is 26.2 Å². The van der Waals surface area contributed by atoms with Gasteiger partial charge in [0, 0.05) is 19.3 Å². The van der Waals surface area contributed by atoms with E-state index < -0.39 is 0 Å². The maximum absolute atomic E-state index is 5.61. The van der Waals surface area contributed by atoms with Crippen LogP contribution in [0, 0.1) is 5.92 Å². The first-order chi connectivity index (χ1) is 4.66. The van der Waals surface area contributed by atoms with Crippen molar-refractivity contribution < 1.29 is 4.74 Å². The molecular formula is C8H19NO. The Morgan fingerprint density at radius 1 is 1.40 bits per heavy atom. The summed E-state index contributed by atoms with van der Waals surface area (Å²) >= 11 is 0. The first-order valence-corrected chi connectivity index (χ1v) is 4.00. The van der Waals surface area contributed by atoms with E-state index in [0.29, 0.717) is 12.0 Å². The van der Waals surface area contributed by atoms with Crippen LogP contribution in [0.4, 0.5) is 0 Å². The monoisotopic (exact) mass is 145 g/mol. The summed E-state index contributed by atoms with van der Waals surface area (Å²) in [6.45, 7) is 7.86. The fourth-order valence-electron chi connectivity index (χ4n) is 1.02. The van der Waals surface area contributed by atoms with Crippen molar-refractivity contribution in [1.82, 2.24) is 0 Å². The normalized spacial score (nSPS) is 16.8. The number of rotatable bonds is 5. The van der Waals surface area contributed by atoms with Gasteiger partial charge < -0.3 is 10.5 Å². The van der Waals surface area contributed by atoms with Crippen molar-refractivity contribution in [3.8, 4) is 0 Å². The van der Waals surface area contributed by atoms with E-state index in [1.165, 1.54) is 0 Å². The van der Waals surface area contributed by atoms with E-state index >= 15 is 0 Å². The van der Waals surface area contributed by atoms with Gasteiger partial charge in [-0.2, -0.15) is 0 Å². The van der Waals surface area contributed by atoms with E-state index in [-0.39, 0.29) is 0 Å². The minimum atomic E-state index is 0.301. The SMILES string of the molecule is CCOCC(C)CC(C)N. The predicted molar refractivity (Wildman–Crippen MR) is 43.9 cm³/mol. The third-order valence-electron chi connectivity index (χ3n) is 1.38. The van der Waals surface area contributed by atoms with Gasteiger partial charge in [-0.1, -0.05) is 6.92 Å². The number of nitrogens with two attached hydrogens (primary N) is 1. The van der Waals surface area contributed by atoms with E-state index in [1.54, 1.807) is 0 Å². The van der Waals surface area contributed by atoms with Crippen LogP contribution in [0.25, 0.3) is 0 Å². The van der Waals surface area contributed by atoms with E-state index in [1.807, 2.05) is 13.8 Å².